The van der Waals surface area contributed by atoms with Gasteiger partial charge in [0.2, 0.25) is 5.91 Å². The Kier molecular flexibility index (Phi) is 8.33. The summed E-state index contributed by atoms with van der Waals surface area (Å²) < 4.78 is 10.6. The highest BCUT2D eigenvalue weighted by molar-refractivity contribution is 5.81. The molecule has 28 heavy (non-hydrogen) atoms. The molecule has 0 aliphatic heterocycles. The number of amides is 1. The van der Waals surface area contributed by atoms with Crippen molar-refractivity contribution in [3.63, 3.8) is 0 Å². The third kappa shape index (κ3) is 5.99. The number of carbonyl (C=O) groups excluding carboxylic acids is 1. The standard InChI is InChI=1S/C23H32N2O3/c1-6-18-7-10-20(11-8-18)16(2)25-17(3)23(26)24-14-13-19-9-12-21(27-4)22(15-19)28-5/h7-12,15-17,25H,6,13-14H2,1-5H3,(H,24,26). The summed E-state index contributed by atoms with van der Waals surface area (Å²) in [6, 6.07) is 14.2. The highest BCUT2D eigenvalue weighted by Gasteiger charge is 2.16. The Hall–Kier alpha value is -2.53. The average Bonchev–Trinajstić information content (AvgIpc) is 2.73. The third-order valence-electron chi connectivity index (χ3n) is 4.94. The molecule has 0 fully saturated rings. The Morgan fingerprint density at radius 3 is 2.21 bits per heavy atom. The minimum Gasteiger partial charge on any atom is -0.493 e. The van der Waals surface area contributed by atoms with Crippen molar-refractivity contribution >= 4 is 5.91 Å². The van der Waals surface area contributed by atoms with Gasteiger partial charge in [0.05, 0.1) is 20.3 Å². The summed E-state index contributed by atoms with van der Waals surface area (Å²) >= 11 is 0. The third-order valence-corrected chi connectivity index (χ3v) is 4.94. The molecule has 2 aromatic carbocycles. The fraction of sp³-hybridized carbons (Fsp3) is 0.435. The van der Waals surface area contributed by atoms with Crippen molar-refractivity contribution in [3.05, 3.63) is 59.2 Å². The number of benzene rings is 2. The zero-order chi connectivity index (χ0) is 20.5. The maximum Gasteiger partial charge on any atom is 0.236 e. The van der Waals surface area contributed by atoms with Crippen LogP contribution in [0, 0.1) is 0 Å². The number of nitrogens with one attached hydrogen (secondary N) is 2. The van der Waals surface area contributed by atoms with Crippen LogP contribution in [0.4, 0.5) is 0 Å². The largest absolute Gasteiger partial charge is 0.493 e. The first-order chi connectivity index (χ1) is 13.5. The van der Waals surface area contributed by atoms with Gasteiger partial charge in [0.25, 0.3) is 0 Å². The molecule has 0 bridgehead atoms. The van der Waals surface area contributed by atoms with Crippen LogP contribution in [0.3, 0.4) is 0 Å². The molecule has 1 amide bonds. The fourth-order valence-corrected chi connectivity index (χ4v) is 3.11. The molecule has 2 N–H and O–H groups in total. The zero-order valence-electron chi connectivity index (χ0n) is 17.5. The van der Waals surface area contributed by atoms with Crippen molar-refractivity contribution in [2.45, 2.75) is 45.7 Å². The van der Waals surface area contributed by atoms with Gasteiger partial charge in [0, 0.05) is 12.6 Å². The maximum absolute atomic E-state index is 12.4. The van der Waals surface area contributed by atoms with Crippen LogP contribution in [0.5, 0.6) is 11.5 Å². The van der Waals surface area contributed by atoms with Crippen molar-refractivity contribution in [3.8, 4) is 11.5 Å². The molecule has 0 saturated carbocycles. The van der Waals surface area contributed by atoms with Gasteiger partial charge in [-0.15, -0.1) is 0 Å². The Bertz CT molecular complexity index is 759. The van der Waals surface area contributed by atoms with E-state index in [0.29, 0.717) is 18.0 Å². The summed E-state index contributed by atoms with van der Waals surface area (Å²) in [6.07, 6.45) is 1.76. The number of rotatable bonds is 10. The van der Waals surface area contributed by atoms with E-state index in [1.165, 1.54) is 11.1 Å². The second-order valence-electron chi connectivity index (χ2n) is 6.94. The van der Waals surface area contributed by atoms with Crippen molar-refractivity contribution < 1.29 is 14.3 Å². The zero-order valence-corrected chi connectivity index (χ0v) is 17.5. The van der Waals surface area contributed by atoms with Crippen LogP contribution < -0.4 is 20.1 Å². The number of hydrogen-bond acceptors (Lipinski definition) is 4. The summed E-state index contributed by atoms with van der Waals surface area (Å²) in [5, 5.41) is 6.37. The van der Waals surface area contributed by atoms with Crippen LogP contribution in [0.1, 0.15) is 43.5 Å². The molecule has 0 spiro atoms. The van der Waals surface area contributed by atoms with E-state index in [4.69, 9.17) is 9.47 Å². The molecular formula is C23H32N2O3. The van der Waals surface area contributed by atoms with Gasteiger partial charge in [-0.3, -0.25) is 10.1 Å². The molecule has 0 saturated heterocycles. The van der Waals surface area contributed by atoms with Crippen molar-refractivity contribution in [1.82, 2.24) is 10.6 Å². The van der Waals surface area contributed by atoms with E-state index in [1.807, 2.05) is 25.1 Å². The first-order valence-corrected chi connectivity index (χ1v) is 9.82. The molecule has 5 heteroatoms. The Labute approximate surface area is 168 Å². The van der Waals surface area contributed by atoms with Crippen LogP contribution in [0.25, 0.3) is 0 Å². The molecule has 152 valence electrons. The monoisotopic (exact) mass is 384 g/mol. The summed E-state index contributed by atoms with van der Waals surface area (Å²) in [5.74, 6) is 1.40. The number of methoxy groups -OCH3 is 2. The Morgan fingerprint density at radius 2 is 1.61 bits per heavy atom. The van der Waals surface area contributed by atoms with Gasteiger partial charge in [0.1, 0.15) is 0 Å². The molecule has 0 aliphatic rings. The van der Waals surface area contributed by atoms with Gasteiger partial charge < -0.3 is 14.8 Å². The van der Waals surface area contributed by atoms with Crippen LogP contribution in [-0.4, -0.2) is 32.7 Å². The molecule has 0 aliphatic carbocycles. The Morgan fingerprint density at radius 1 is 0.964 bits per heavy atom. The van der Waals surface area contributed by atoms with E-state index in [-0.39, 0.29) is 18.0 Å². The lowest BCUT2D eigenvalue weighted by Crippen LogP contribution is -2.43. The quantitative estimate of drug-likeness (QED) is 0.656. The van der Waals surface area contributed by atoms with Crippen molar-refractivity contribution in [2.24, 2.45) is 0 Å². The molecular weight excluding hydrogens is 352 g/mol. The summed E-state index contributed by atoms with van der Waals surface area (Å²) in [6.45, 7) is 6.68. The van der Waals surface area contributed by atoms with E-state index >= 15 is 0 Å². The average molecular weight is 385 g/mol. The Balaban J connectivity index is 1.81. The van der Waals surface area contributed by atoms with Gasteiger partial charge in [0.15, 0.2) is 11.5 Å². The maximum atomic E-state index is 12.4. The number of carbonyl (C=O) groups is 1. The SMILES string of the molecule is CCc1ccc(C(C)NC(C)C(=O)NCCc2ccc(OC)c(OC)c2)cc1. The van der Waals surface area contributed by atoms with Gasteiger partial charge >= 0.3 is 0 Å². The lowest BCUT2D eigenvalue weighted by Gasteiger charge is -2.20. The van der Waals surface area contributed by atoms with Crippen LogP contribution >= 0.6 is 0 Å². The molecule has 0 aromatic heterocycles. The lowest BCUT2D eigenvalue weighted by molar-refractivity contribution is -0.122. The second-order valence-corrected chi connectivity index (χ2v) is 6.94. The van der Waals surface area contributed by atoms with Crippen molar-refractivity contribution in [2.75, 3.05) is 20.8 Å². The minimum absolute atomic E-state index is 0.00231. The second kappa shape index (κ2) is 10.7. The topological polar surface area (TPSA) is 59.6 Å². The van der Waals surface area contributed by atoms with E-state index in [2.05, 4.69) is 48.7 Å². The molecule has 2 aromatic rings. The van der Waals surface area contributed by atoms with Crippen LogP contribution in [0.15, 0.2) is 42.5 Å². The lowest BCUT2D eigenvalue weighted by atomic mass is 10.0. The van der Waals surface area contributed by atoms with Gasteiger partial charge in [-0.1, -0.05) is 37.3 Å². The van der Waals surface area contributed by atoms with E-state index in [0.717, 1.165) is 18.4 Å². The number of hydrogen-bond donors (Lipinski definition) is 2. The van der Waals surface area contributed by atoms with Gasteiger partial charge in [-0.25, -0.2) is 0 Å². The first kappa shape index (κ1) is 21.8. The minimum atomic E-state index is -0.272. The van der Waals surface area contributed by atoms with E-state index in [9.17, 15) is 4.79 Å². The van der Waals surface area contributed by atoms with Crippen LogP contribution in [0.2, 0.25) is 0 Å². The number of aryl methyl sites for hydroxylation is 1. The molecule has 0 radical (unpaired) electrons. The van der Waals surface area contributed by atoms with Crippen LogP contribution in [-0.2, 0) is 17.6 Å². The first-order valence-electron chi connectivity index (χ1n) is 9.82. The molecule has 5 nitrogen and oxygen atoms in total. The normalized spacial score (nSPS) is 12.9. The van der Waals surface area contributed by atoms with E-state index < -0.39 is 0 Å². The highest BCUT2D eigenvalue weighted by atomic mass is 16.5. The van der Waals surface area contributed by atoms with Gasteiger partial charge in [-0.05, 0) is 55.5 Å². The predicted molar refractivity (Wildman–Crippen MR) is 113 cm³/mol. The van der Waals surface area contributed by atoms with Crippen molar-refractivity contribution in [1.29, 1.82) is 0 Å². The molecule has 0 heterocycles. The predicted octanol–water partition coefficient (Wildman–Crippen LogP) is 3.66. The summed E-state index contributed by atoms with van der Waals surface area (Å²) in [4.78, 5) is 12.4. The summed E-state index contributed by atoms with van der Waals surface area (Å²) in [5.41, 5.74) is 3.59. The number of ether oxygens (including phenoxy) is 2. The van der Waals surface area contributed by atoms with E-state index in [1.54, 1.807) is 14.2 Å². The molecule has 2 rings (SSSR count). The highest BCUT2D eigenvalue weighted by Crippen LogP contribution is 2.27. The summed E-state index contributed by atoms with van der Waals surface area (Å²) in [7, 11) is 3.24. The fourth-order valence-electron chi connectivity index (χ4n) is 3.11. The smallest absolute Gasteiger partial charge is 0.236 e. The van der Waals surface area contributed by atoms with Gasteiger partial charge in [-0.2, -0.15) is 0 Å². The molecule has 2 unspecified atom stereocenters. The molecule has 2 atom stereocenters.